The minimum atomic E-state index is -0.337. The smallest absolute Gasteiger partial charge is 1.00 e. The Labute approximate surface area is 190 Å². The number of amides is 2. The fourth-order valence-electron chi connectivity index (χ4n) is 2.55. The number of pyridine rings is 1. The largest absolute Gasteiger partial charge is 2.00 e. The molecule has 0 saturated carbocycles. The minimum absolute atomic E-state index is 0. The average Bonchev–Trinajstić information content (AvgIpc) is 2.94. The SMILES string of the molecule is CCc1ccc(CCOc2ccc(CC3SC(=O)NC3=O)cc2)nc1.[Ca+2].[H-].[H-]. The van der Waals surface area contributed by atoms with E-state index in [0.717, 1.165) is 41.6 Å². The molecule has 0 radical (unpaired) electrons. The third kappa shape index (κ3) is 5.98. The number of carbonyl (C=O) groups is 2. The van der Waals surface area contributed by atoms with Gasteiger partial charge in [0.25, 0.3) is 5.24 Å². The molecule has 5 nitrogen and oxygen atoms in total. The van der Waals surface area contributed by atoms with Gasteiger partial charge in [-0.3, -0.25) is 19.9 Å². The molecular weight excluding hydrogens is 376 g/mol. The van der Waals surface area contributed by atoms with Crippen LogP contribution in [0.25, 0.3) is 0 Å². The van der Waals surface area contributed by atoms with E-state index in [1.165, 1.54) is 5.56 Å². The van der Waals surface area contributed by atoms with Crippen LogP contribution < -0.4 is 10.1 Å². The number of hydrogen-bond donors (Lipinski definition) is 1. The van der Waals surface area contributed by atoms with Crippen LogP contribution in [-0.4, -0.2) is 65.7 Å². The molecule has 0 bridgehead atoms. The molecule has 1 N–H and O–H groups in total. The number of carbonyl (C=O) groups excluding carboxylic acids is 2. The van der Waals surface area contributed by atoms with E-state index in [1.807, 2.05) is 36.5 Å². The van der Waals surface area contributed by atoms with Crippen LogP contribution in [0.4, 0.5) is 4.79 Å². The van der Waals surface area contributed by atoms with Crippen molar-refractivity contribution < 1.29 is 17.2 Å². The fourth-order valence-corrected chi connectivity index (χ4v) is 3.41. The van der Waals surface area contributed by atoms with Gasteiger partial charge in [-0.15, -0.1) is 0 Å². The summed E-state index contributed by atoms with van der Waals surface area (Å²) in [7, 11) is 0. The third-order valence-corrected chi connectivity index (χ3v) is 5.01. The number of nitrogens with zero attached hydrogens (tertiary/aromatic N) is 1. The summed E-state index contributed by atoms with van der Waals surface area (Å²) in [5.74, 6) is 0.574. The number of aromatic nitrogens is 1. The zero-order chi connectivity index (χ0) is 17.6. The summed E-state index contributed by atoms with van der Waals surface area (Å²) in [6, 6.07) is 11.8. The predicted molar refractivity (Wildman–Crippen MR) is 106 cm³/mol. The molecule has 1 fully saturated rings. The second-order valence-corrected chi connectivity index (χ2v) is 7.02. The first-order valence-electron chi connectivity index (χ1n) is 8.31. The van der Waals surface area contributed by atoms with Gasteiger partial charge in [-0.1, -0.05) is 36.9 Å². The van der Waals surface area contributed by atoms with Crippen LogP contribution in [0.3, 0.4) is 0 Å². The van der Waals surface area contributed by atoms with Gasteiger partial charge in [0.15, 0.2) is 0 Å². The van der Waals surface area contributed by atoms with E-state index in [4.69, 9.17) is 4.74 Å². The van der Waals surface area contributed by atoms with Gasteiger partial charge in [0.1, 0.15) is 5.75 Å². The Bertz CT molecular complexity index is 761. The van der Waals surface area contributed by atoms with Gasteiger partial charge in [-0.2, -0.15) is 0 Å². The topological polar surface area (TPSA) is 68.3 Å². The summed E-state index contributed by atoms with van der Waals surface area (Å²) in [5, 5.41) is 1.70. The van der Waals surface area contributed by atoms with Gasteiger partial charge < -0.3 is 7.59 Å². The molecule has 7 heteroatoms. The van der Waals surface area contributed by atoms with Crippen molar-refractivity contribution in [2.75, 3.05) is 6.61 Å². The first kappa shape index (κ1) is 21.2. The Morgan fingerprint density at radius 3 is 2.46 bits per heavy atom. The van der Waals surface area contributed by atoms with E-state index < -0.39 is 0 Å². The van der Waals surface area contributed by atoms with Crippen LogP contribution in [0.15, 0.2) is 42.6 Å². The number of hydrogen-bond acceptors (Lipinski definition) is 5. The van der Waals surface area contributed by atoms with Crippen LogP contribution in [0.1, 0.15) is 26.6 Å². The molecule has 1 aliphatic heterocycles. The molecule has 1 aliphatic rings. The van der Waals surface area contributed by atoms with Gasteiger partial charge in [0.05, 0.1) is 11.9 Å². The molecule has 26 heavy (non-hydrogen) atoms. The van der Waals surface area contributed by atoms with E-state index in [2.05, 4.69) is 23.3 Å². The van der Waals surface area contributed by atoms with Crippen molar-refractivity contribution in [2.24, 2.45) is 0 Å². The number of imide groups is 1. The van der Waals surface area contributed by atoms with Crippen LogP contribution in [0.5, 0.6) is 5.75 Å². The molecule has 1 aromatic carbocycles. The summed E-state index contributed by atoms with van der Waals surface area (Å²) in [6.45, 7) is 2.67. The molecule has 0 aliphatic carbocycles. The molecule has 1 atom stereocenters. The van der Waals surface area contributed by atoms with E-state index >= 15 is 0 Å². The summed E-state index contributed by atoms with van der Waals surface area (Å²) in [5.41, 5.74) is 3.25. The Morgan fingerprint density at radius 2 is 1.88 bits per heavy atom. The Morgan fingerprint density at radius 1 is 1.15 bits per heavy atom. The zero-order valence-corrected chi connectivity index (χ0v) is 17.8. The number of nitrogens with one attached hydrogen (secondary N) is 1. The summed E-state index contributed by atoms with van der Waals surface area (Å²) in [4.78, 5) is 27.2. The van der Waals surface area contributed by atoms with Crippen molar-refractivity contribution in [1.82, 2.24) is 10.3 Å². The van der Waals surface area contributed by atoms with Gasteiger partial charge >= 0.3 is 37.7 Å². The Balaban J connectivity index is 0.00000243. The maximum Gasteiger partial charge on any atom is 2.00 e. The van der Waals surface area contributed by atoms with E-state index in [1.54, 1.807) is 0 Å². The normalized spacial score (nSPS) is 16.1. The number of aryl methyl sites for hydroxylation is 1. The quantitative estimate of drug-likeness (QED) is 0.726. The second-order valence-electron chi connectivity index (χ2n) is 5.84. The molecule has 0 spiro atoms. The monoisotopic (exact) mass is 398 g/mol. The number of thioether (sulfide) groups is 1. The van der Waals surface area contributed by atoms with Gasteiger partial charge in [-0.05, 0) is 42.2 Å². The van der Waals surface area contributed by atoms with Crippen molar-refractivity contribution in [3.05, 3.63) is 59.4 Å². The van der Waals surface area contributed by atoms with Crippen LogP contribution in [0.2, 0.25) is 0 Å². The van der Waals surface area contributed by atoms with E-state index in [-0.39, 0.29) is 57.0 Å². The fraction of sp³-hybridized carbons (Fsp3) is 0.316. The minimum Gasteiger partial charge on any atom is -1.00 e. The van der Waals surface area contributed by atoms with Gasteiger partial charge in [0.2, 0.25) is 5.91 Å². The first-order chi connectivity index (χ1) is 12.1. The summed E-state index contributed by atoms with van der Waals surface area (Å²) < 4.78 is 5.75. The molecule has 1 unspecified atom stereocenters. The van der Waals surface area contributed by atoms with Crippen molar-refractivity contribution in [3.8, 4) is 5.75 Å². The number of rotatable bonds is 7. The van der Waals surface area contributed by atoms with Crippen molar-refractivity contribution >= 4 is 60.6 Å². The molecule has 3 rings (SSSR count). The Kier molecular flexibility index (Phi) is 8.41. The van der Waals surface area contributed by atoms with E-state index in [0.29, 0.717) is 13.0 Å². The van der Waals surface area contributed by atoms with Crippen LogP contribution >= 0.6 is 11.8 Å². The molecule has 1 saturated heterocycles. The number of benzene rings is 1. The molecule has 2 amide bonds. The standard InChI is InChI=1S/C19H20N2O3S.Ca.2H/c1-2-13-3-6-15(20-12-13)9-10-24-16-7-4-14(5-8-16)11-17-18(22)21-19(23)25-17;;;/h3-8,12,17H,2,9-11H2,1H3,(H,21,22,23);;;/q;+2;2*-1. The second kappa shape index (κ2) is 10.3. The molecule has 1 aromatic heterocycles. The summed E-state index contributed by atoms with van der Waals surface area (Å²) in [6.07, 6.45) is 4.19. The van der Waals surface area contributed by atoms with Crippen LogP contribution in [-0.2, 0) is 24.1 Å². The predicted octanol–water partition coefficient (Wildman–Crippen LogP) is 3.00. The third-order valence-electron chi connectivity index (χ3n) is 4.03. The maximum atomic E-state index is 11.6. The van der Waals surface area contributed by atoms with Crippen molar-refractivity contribution in [1.29, 1.82) is 0 Å². The first-order valence-corrected chi connectivity index (χ1v) is 9.19. The number of ether oxygens (including phenoxy) is 1. The zero-order valence-electron chi connectivity index (χ0n) is 16.7. The molecule has 2 heterocycles. The molecule has 2 aromatic rings. The van der Waals surface area contributed by atoms with Crippen molar-refractivity contribution in [3.63, 3.8) is 0 Å². The molecule has 134 valence electrons. The van der Waals surface area contributed by atoms with E-state index in [9.17, 15) is 9.59 Å². The summed E-state index contributed by atoms with van der Waals surface area (Å²) >= 11 is 1.05. The van der Waals surface area contributed by atoms with Crippen LogP contribution in [0, 0.1) is 0 Å². The Hall–Kier alpha value is -1.08. The van der Waals surface area contributed by atoms with Gasteiger partial charge in [0, 0.05) is 18.3 Å². The molecular formula is C19H22CaN2O3S. The average molecular weight is 399 g/mol. The van der Waals surface area contributed by atoms with Gasteiger partial charge in [-0.25, -0.2) is 0 Å². The maximum absolute atomic E-state index is 11.6. The van der Waals surface area contributed by atoms with Crippen molar-refractivity contribution in [2.45, 2.75) is 31.4 Å².